The Morgan fingerprint density at radius 2 is 1.83 bits per heavy atom. The number of hydrogen-bond donors (Lipinski definition) is 1. The van der Waals surface area contributed by atoms with E-state index in [1.165, 1.54) is 4.31 Å². The number of sulfonamides is 1. The molecule has 0 spiro atoms. The molecule has 0 unspecified atom stereocenters. The topological polar surface area (TPSA) is 66.5 Å². The number of aryl methyl sites for hydroxylation is 1. The van der Waals surface area contributed by atoms with Crippen LogP contribution in [0.3, 0.4) is 0 Å². The predicted octanol–water partition coefficient (Wildman–Crippen LogP) is 5.29. The van der Waals surface area contributed by atoms with Gasteiger partial charge in [0, 0.05) is 11.0 Å². The number of halogens is 1. The number of rotatable bonds is 11. The summed E-state index contributed by atoms with van der Waals surface area (Å²) in [6, 6.07) is 13.6. The molecule has 2 aromatic carbocycles. The average molecular weight is 495 g/mol. The van der Waals surface area contributed by atoms with Crippen molar-refractivity contribution in [1.29, 1.82) is 0 Å². The van der Waals surface area contributed by atoms with Crippen LogP contribution >= 0.6 is 15.9 Å². The molecule has 1 atom stereocenters. The molecule has 0 fully saturated rings. The second kappa shape index (κ2) is 11.5. The highest BCUT2D eigenvalue weighted by molar-refractivity contribution is 9.10. The van der Waals surface area contributed by atoms with Crippen molar-refractivity contribution >= 4 is 37.5 Å². The Balaban J connectivity index is 2.24. The van der Waals surface area contributed by atoms with Crippen LogP contribution in [-0.4, -0.2) is 27.4 Å². The summed E-state index contributed by atoms with van der Waals surface area (Å²) in [4.78, 5) is 12.9. The molecule has 0 aliphatic carbocycles. The Kier molecular flexibility index (Phi) is 9.37. The maximum atomic E-state index is 13.4. The lowest BCUT2D eigenvalue weighted by atomic mass is 9.99. The first-order valence-corrected chi connectivity index (χ1v) is 12.6. The number of unbranched alkanes of at least 4 members (excludes halogenated alkanes) is 1. The van der Waals surface area contributed by atoms with Crippen molar-refractivity contribution in [1.82, 2.24) is 5.32 Å². The minimum atomic E-state index is -3.89. The van der Waals surface area contributed by atoms with Gasteiger partial charge < -0.3 is 5.32 Å². The van der Waals surface area contributed by atoms with E-state index in [1.807, 2.05) is 13.0 Å². The zero-order valence-corrected chi connectivity index (χ0v) is 20.3. The van der Waals surface area contributed by atoms with Gasteiger partial charge in [-0.2, -0.15) is 0 Å². The van der Waals surface area contributed by atoms with Crippen molar-refractivity contribution in [3.63, 3.8) is 0 Å². The van der Waals surface area contributed by atoms with Gasteiger partial charge in [0.25, 0.3) is 10.0 Å². The van der Waals surface area contributed by atoms with Crippen LogP contribution in [0, 0.1) is 12.8 Å². The van der Waals surface area contributed by atoms with Crippen LogP contribution in [0.15, 0.2) is 57.9 Å². The highest BCUT2D eigenvalue weighted by atomic mass is 79.9. The molecule has 164 valence electrons. The first-order chi connectivity index (χ1) is 14.3. The zero-order valence-electron chi connectivity index (χ0n) is 17.9. The van der Waals surface area contributed by atoms with E-state index in [2.05, 4.69) is 35.1 Å². The molecule has 2 aromatic rings. The number of nitrogens with zero attached hydrogens (tertiary/aromatic N) is 1. The highest BCUT2D eigenvalue weighted by Gasteiger charge is 2.27. The summed E-state index contributed by atoms with van der Waals surface area (Å²) in [5.74, 6) is 0.0996. The van der Waals surface area contributed by atoms with E-state index in [0.717, 1.165) is 35.7 Å². The molecule has 30 heavy (non-hydrogen) atoms. The van der Waals surface area contributed by atoms with Gasteiger partial charge in [0.15, 0.2) is 0 Å². The summed E-state index contributed by atoms with van der Waals surface area (Å²) in [5.41, 5.74) is 1.41. The first-order valence-electron chi connectivity index (χ1n) is 10.4. The van der Waals surface area contributed by atoms with Crippen LogP contribution in [-0.2, 0) is 14.8 Å². The van der Waals surface area contributed by atoms with E-state index < -0.39 is 10.0 Å². The van der Waals surface area contributed by atoms with Crippen molar-refractivity contribution in [3.8, 4) is 0 Å². The molecule has 0 bridgehead atoms. The lowest BCUT2D eigenvalue weighted by Crippen LogP contribution is -2.42. The lowest BCUT2D eigenvalue weighted by Gasteiger charge is -2.25. The number of hydrogen-bond acceptors (Lipinski definition) is 3. The minimum Gasteiger partial charge on any atom is -0.354 e. The summed E-state index contributed by atoms with van der Waals surface area (Å²) >= 11 is 3.39. The molecule has 5 nitrogen and oxygen atoms in total. The van der Waals surface area contributed by atoms with Crippen molar-refractivity contribution in [3.05, 3.63) is 58.6 Å². The molecule has 0 aliphatic heterocycles. The largest absolute Gasteiger partial charge is 0.354 e. The van der Waals surface area contributed by atoms with Gasteiger partial charge in [0.05, 0.1) is 10.6 Å². The molecular formula is C23H31BrN2O3S. The van der Waals surface area contributed by atoms with Crippen molar-refractivity contribution in [2.75, 3.05) is 17.4 Å². The summed E-state index contributed by atoms with van der Waals surface area (Å²) in [6.07, 6.45) is 4.29. The van der Waals surface area contributed by atoms with Crippen LogP contribution in [0.1, 0.15) is 45.1 Å². The number of nitrogens with one attached hydrogen (secondary N) is 1. The quantitative estimate of drug-likeness (QED) is 0.461. The summed E-state index contributed by atoms with van der Waals surface area (Å²) in [5, 5.41) is 2.93. The fourth-order valence-corrected chi connectivity index (χ4v) is 4.97. The van der Waals surface area contributed by atoms with Crippen LogP contribution in [0.2, 0.25) is 0 Å². The van der Waals surface area contributed by atoms with Gasteiger partial charge in [-0.25, -0.2) is 8.42 Å². The van der Waals surface area contributed by atoms with E-state index in [0.29, 0.717) is 18.2 Å². The van der Waals surface area contributed by atoms with E-state index in [-0.39, 0.29) is 17.3 Å². The molecule has 0 saturated heterocycles. The molecule has 0 saturated carbocycles. The first kappa shape index (κ1) is 24.4. The molecule has 0 aromatic heterocycles. The second-order valence-electron chi connectivity index (χ2n) is 7.53. The Bertz CT molecular complexity index is 930. The van der Waals surface area contributed by atoms with Crippen molar-refractivity contribution in [2.45, 2.75) is 51.3 Å². The van der Waals surface area contributed by atoms with Crippen LogP contribution in [0.5, 0.6) is 0 Å². The SMILES string of the molecule is CCCC[C@@H](CC)CNC(=O)CN(c1cccc(Br)c1)S(=O)(=O)c1ccc(C)cc1. The second-order valence-corrected chi connectivity index (χ2v) is 10.3. The third-order valence-electron chi connectivity index (χ3n) is 5.12. The molecular weight excluding hydrogens is 464 g/mol. The average Bonchev–Trinajstić information content (AvgIpc) is 2.72. The molecule has 7 heteroatoms. The molecule has 0 aliphatic rings. The number of carbonyl (C=O) groups excluding carboxylic acids is 1. The van der Waals surface area contributed by atoms with E-state index in [4.69, 9.17) is 0 Å². The maximum Gasteiger partial charge on any atom is 0.264 e. The molecule has 1 N–H and O–H groups in total. The predicted molar refractivity (Wildman–Crippen MR) is 126 cm³/mol. The Labute approximate surface area is 189 Å². The summed E-state index contributed by atoms with van der Waals surface area (Å²) in [6.45, 7) is 6.46. The minimum absolute atomic E-state index is 0.162. The van der Waals surface area contributed by atoms with Gasteiger partial charge in [0.2, 0.25) is 5.91 Å². The number of anilines is 1. The lowest BCUT2D eigenvalue weighted by molar-refractivity contribution is -0.119. The van der Waals surface area contributed by atoms with Gasteiger partial charge >= 0.3 is 0 Å². The fourth-order valence-electron chi connectivity index (χ4n) is 3.17. The molecule has 0 heterocycles. The van der Waals surface area contributed by atoms with Gasteiger partial charge in [0.1, 0.15) is 6.54 Å². The smallest absolute Gasteiger partial charge is 0.264 e. The number of carbonyl (C=O) groups is 1. The van der Waals surface area contributed by atoms with Gasteiger partial charge in [-0.05, 0) is 49.6 Å². The third kappa shape index (κ3) is 6.84. The Hall–Kier alpha value is -1.86. The maximum absolute atomic E-state index is 13.4. The summed E-state index contributed by atoms with van der Waals surface area (Å²) in [7, 11) is -3.89. The van der Waals surface area contributed by atoms with E-state index in [1.54, 1.807) is 42.5 Å². The Morgan fingerprint density at radius 1 is 1.13 bits per heavy atom. The van der Waals surface area contributed by atoms with E-state index in [9.17, 15) is 13.2 Å². The highest BCUT2D eigenvalue weighted by Crippen LogP contribution is 2.26. The monoisotopic (exact) mass is 494 g/mol. The zero-order chi connectivity index (χ0) is 22.1. The molecule has 2 rings (SSSR count). The Morgan fingerprint density at radius 3 is 2.43 bits per heavy atom. The number of amides is 1. The number of benzene rings is 2. The van der Waals surface area contributed by atoms with Gasteiger partial charge in [-0.1, -0.05) is 72.8 Å². The van der Waals surface area contributed by atoms with Crippen molar-refractivity contribution in [2.24, 2.45) is 5.92 Å². The molecule has 0 radical (unpaired) electrons. The normalized spacial score (nSPS) is 12.4. The van der Waals surface area contributed by atoms with Crippen LogP contribution < -0.4 is 9.62 Å². The third-order valence-corrected chi connectivity index (χ3v) is 7.40. The fraction of sp³-hybridized carbons (Fsp3) is 0.435. The van der Waals surface area contributed by atoms with Crippen molar-refractivity contribution < 1.29 is 13.2 Å². The summed E-state index contributed by atoms with van der Waals surface area (Å²) < 4.78 is 28.6. The molecule has 1 amide bonds. The van der Waals surface area contributed by atoms with Gasteiger partial charge in [-0.15, -0.1) is 0 Å². The van der Waals surface area contributed by atoms with Crippen LogP contribution in [0.4, 0.5) is 5.69 Å². The van der Waals surface area contributed by atoms with E-state index >= 15 is 0 Å². The standard InChI is InChI=1S/C23H31BrN2O3S/c1-4-6-8-19(5-2)16-25-23(27)17-26(21-10-7-9-20(24)15-21)30(28,29)22-13-11-18(3)12-14-22/h7,9-15,19H,4-6,8,16-17H2,1-3H3,(H,25,27)/t19-/m1/s1. The van der Waals surface area contributed by atoms with Crippen LogP contribution in [0.25, 0.3) is 0 Å². The van der Waals surface area contributed by atoms with Gasteiger partial charge in [-0.3, -0.25) is 9.10 Å².